The summed E-state index contributed by atoms with van der Waals surface area (Å²) in [5, 5.41) is 23.3. The highest BCUT2D eigenvalue weighted by Crippen LogP contribution is 2.37. The number of nitrogens with zero attached hydrogens (tertiary/aromatic N) is 2. The Morgan fingerprint density at radius 1 is 1.07 bits per heavy atom. The lowest BCUT2D eigenvalue weighted by atomic mass is 9.80. The molecule has 2 aliphatic heterocycles. The van der Waals surface area contributed by atoms with Gasteiger partial charge in [0.1, 0.15) is 34.4 Å². The minimum absolute atomic E-state index is 0. The molecule has 10 nitrogen and oxygen atoms in total. The van der Waals surface area contributed by atoms with Crippen LogP contribution < -0.4 is 14.8 Å². The van der Waals surface area contributed by atoms with Crippen molar-refractivity contribution in [3.63, 3.8) is 0 Å². The number of piperidine rings is 1. The zero-order chi connectivity index (χ0) is 30.6. The number of aliphatic hydroxyl groups is 1. The molecule has 1 aliphatic carbocycles. The number of hydrogen-bond acceptors (Lipinski definition) is 7. The number of amides is 2. The Bertz CT molecular complexity index is 1310. The molecule has 2 heterocycles. The number of rotatable bonds is 11. The standard InChI is InChI=1S/C33H43N3O7.ClH/c1-3-4-17-36-30(38)28(29(37)23-7-5-6-8-23)34-32(41)33(36)15-18-35(19-16-33)21-22-9-11-24(12-10-22)43-25-13-14-26(31(39)40)27(20-25)42-2;/h9-14,20,23,28-29,37H,3-8,15-19,21H2,1-2H3,(H,34,41)(H,39,40);1H/t28-,29-;/m1./s1. The Morgan fingerprint density at radius 2 is 1.73 bits per heavy atom. The number of carboxylic acid groups (broad SMARTS) is 1. The molecule has 1 spiro atoms. The van der Waals surface area contributed by atoms with Crippen molar-refractivity contribution in [2.24, 2.45) is 5.92 Å². The van der Waals surface area contributed by atoms with Crippen molar-refractivity contribution in [3.05, 3.63) is 53.6 Å². The van der Waals surface area contributed by atoms with Crippen molar-refractivity contribution in [1.82, 2.24) is 15.1 Å². The zero-order valence-electron chi connectivity index (χ0n) is 25.5. The predicted octanol–water partition coefficient (Wildman–Crippen LogP) is 4.62. The van der Waals surface area contributed by atoms with Crippen LogP contribution in [-0.2, 0) is 16.1 Å². The zero-order valence-corrected chi connectivity index (χ0v) is 26.3. The van der Waals surface area contributed by atoms with E-state index in [9.17, 15) is 24.6 Å². The van der Waals surface area contributed by atoms with Crippen molar-refractivity contribution < 1.29 is 34.1 Å². The van der Waals surface area contributed by atoms with Crippen LogP contribution in [0.15, 0.2) is 42.5 Å². The number of methoxy groups -OCH3 is 1. The average molecular weight is 630 g/mol. The summed E-state index contributed by atoms with van der Waals surface area (Å²) in [7, 11) is 1.42. The van der Waals surface area contributed by atoms with Gasteiger partial charge in [0, 0.05) is 32.2 Å². The van der Waals surface area contributed by atoms with Crippen molar-refractivity contribution in [1.29, 1.82) is 0 Å². The Balaban J connectivity index is 0.00000442. The molecule has 2 saturated heterocycles. The number of benzene rings is 2. The number of nitrogens with one attached hydrogen (secondary N) is 1. The van der Waals surface area contributed by atoms with Crippen LogP contribution in [0, 0.1) is 5.92 Å². The van der Waals surface area contributed by atoms with Gasteiger partial charge in [-0.2, -0.15) is 0 Å². The van der Waals surface area contributed by atoms with Crippen LogP contribution in [0.4, 0.5) is 0 Å². The molecule has 0 bridgehead atoms. The molecular formula is C33H44ClN3O7. The van der Waals surface area contributed by atoms with Gasteiger partial charge in [-0.05, 0) is 67.9 Å². The lowest BCUT2D eigenvalue weighted by Crippen LogP contribution is -2.75. The topological polar surface area (TPSA) is 129 Å². The van der Waals surface area contributed by atoms with Gasteiger partial charge in [0.2, 0.25) is 11.8 Å². The molecule has 44 heavy (non-hydrogen) atoms. The fraction of sp³-hybridized carbons (Fsp3) is 0.545. The van der Waals surface area contributed by atoms with E-state index in [1.807, 2.05) is 24.3 Å². The molecule has 2 aromatic rings. The van der Waals surface area contributed by atoms with E-state index in [0.717, 1.165) is 44.1 Å². The molecule has 0 aromatic heterocycles. The lowest BCUT2D eigenvalue weighted by molar-refractivity contribution is -0.165. The van der Waals surface area contributed by atoms with E-state index in [0.29, 0.717) is 50.5 Å². The fourth-order valence-electron chi connectivity index (χ4n) is 6.83. The number of carbonyl (C=O) groups excluding carboxylic acids is 2. The van der Waals surface area contributed by atoms with E-state index in [4.69, 9.17) is 9.47 Å². The van der Waals surface area contributed by atoms with Gasteiger partial charge >= 0.3 is 5.97 Å². The minimum Gasteiger partial charge on any atom is -0.496 e. The van der Waals surface area contributed by atoms with Gasteiger partial charge in [-0.1, -0.05) is 38.3 Å². The molecule has 240 valence electrons. The fourth-order valence-corrected chi connectivity index (χ4v) is 6.83. The van der Waals surface area contributed by atoms with Gasteiger partial charge in [0.15, 0.2) is 0 Å². The van der Waals surface area contributed by atoms with Crippen molar-refractivity contribution in [3.8, 4) is 17.2 Å². The van der Waals surface area contributed by atoms with Crippen LogP contribution in [0.2, 0.25) is 0 Å². The largest absolute Gasteiger partial charge is 0.496 e. The summed E-state index contributed by atoms with van der Waals surface area (Å²) in [6.45, 7) is 4.66. The highest BCUT2D eigenvalue weighted by atomic mass is 35.5. The number of unbranched alkanes of at least 4 members (excludes halogenated alkanes) is 1. The number of hydrogen-bond donors (Lipinski definition) is 3. The van der Waals surface area contributed by atoms with E-state index in [-0.39, 0.29) is 41.5 Å². The second kappa shape index (κ2) is 14.6. The van der Waals surface area contributed by atoms with Gasteiger partial charge in [0.25, 0.3) is 0 Å². The van der Waals surface area contributed by atoms with E-state index < -0.39 is 23.7 Å². The number of carbonyl (C=O) groups is 3. The number of halogens is 1. The van der Waals surface area contributed by atoms with E-state index in [1.165, 1.54) is 13.2 Å². The highest BCUT2D eigenvalue weighted by Gasteiger charge is 2.55. The first-order valence-electron chi connectivity index (χ1n) is 15.5. The number of ether oxygens (including phenoxy) is 2. The Morgan fingerprint density at radius 3 is 2.34 bits per heavy atom. The average Bonchev–Trinajstić information content (AvgIpc) is 3.56. The SMILES string of the molecule is CCCCN1C(=O)[C@@H]([C@H](O)C2CCCC2)NC(=O)C12CCN(Cc1ccc(Oc3ccc(C(=O)O)c(OC)c3)cc1)CC2.Cl. The summed E-state index contributed by atoms with van der Waals surface area (Å²) in [6.07, 6.45) is 5.93. The summed E-state index contributed by atoms with van der Waals surface area (Å²) >= 11 is 0. The summed E-state index contributed by atoms with van der Waals surface area (Å²) in [5.41, 5.74) is 0.288. The van der Waals surface area contributed by atoms with Gasteiger partial charge in [0.05, 0.1) is 13.2 Å². The number of aliphatic hydroxyl groups excluding tert-OH is 1. The van der Waals surface area contributed by atoms with Gasteiger partial charge < -0.3 is 29.9 Å². The molecule has 11 heteroatoms. The Hall–Kier alpha value is -3.34. The van der Waals surface area contributed by atoms with Crippen LogP contribution in [0.25, 0.3) is 0 Å². The van der Waals surface area contributed by atoms with E-state index in [2.05, 4.69) is 17.1 Å². The molecule has 3 aliphatic rings. The molecule has 0 radical (unpaired) electrons. The van der Waals surface area contributed by atoms with Gasteiger partial charge in [-0.25, -0.2) is 4.79 Å². The molecule has 5 rings (SSSR count). The van der Waals surface area contributed by atoms with Crippen LogP contribution in [0.5, 0.6) is 17.2 Å². The quantitative estimate of drug-likeness (QED) is 0.329. The van der Waals surface area contributed by atoms with Gasteiger partial charge in [-0.3, -0.25) is 14.5 Å². The second-order valence-corrected chi connectivity index (χ2v) is 12.1. The third kappa shape index (κ3) is 6.98. The molecular weight excluding hydrogens is 586 g/mol. The van der Waals surface area contributed by atoms with Crippen molar-refractivity contribution >= 4 is 30.2 Å². The smallest absolute Gasteiger partial charge is 0.339 e. The maximum Gasteiger partial charge on any atom is 0.339 e. The van der Waals surface area contributed by atoms with E-state index >= 15 is 0 Å². The molecule has 3 N–H and O–H groups in total. The summed E-state index contributed by atoms with van der Waals surface area (Å²) in [5.74, 6) is 0.0581. The first-order valence-corrected chi connectivity index (χ1v) is 15.5. The number of aromatic carboxylic acids is 1. The first-order chi connectivity index (χ1) is 20.8. The van der Waals surface area contributed by atoms with Crippen LogP contribution in [0.3, 0.4) is 0 Å². The van der Waals surface area contributed by atoms with Crippen LogP contribution in [-0.4, -0.2) is 82.2 Å². The number of likely N-dealkylation sites (tertiary alicyclic amines) is 1. The van der Waals surface area contributed by atoms with Crippen LogP contribution in [0.1, 0.15) is 74.2 Å². The van der Waals surface area contributed by atoms with Crippen molar-refractivity contribution in [2.75, 3.05) is 26.7 Å². The normalized spacial score (nSPS) is 21.1. The molecule has 0 unspecified atom stereocenters. The maximum atomic E-state index is 13.8. The van der Waals surface area contributed by atoms with Gasteiger partial charge in [-0.15, -0.1) is 12.4 Å². The number of carboxylic acids is 1. The third-order valence-electron chi connectivity index (χ3n) is 9.37. The number of piperazine rings is 1. The monoisotopic (exact) mass is 629 g/mol. The molecule has 3 fully saturated rings. The summed E-state index contributed by atoms with van der Waals surface area (Å²) in [4.78, 5) is 42.9. The molecule has 2 atom stereocenters. The first kappa shape index (κ1) is 33.6. The minimum atomic E-state index is -1.07. The molecule has 1 saturated carbocycles. The summed E-state index contributed by atoms with van der Waals surface area (Å²) < 4.78 is 11.1. The van der Waals surface area contributed by atoms with E-state index in [1.54, 1.807) is 17.0 Å². The maximum absolute atomic E-state index is 13.8. The lowest BCUT2D eigenvalue weighted by Gasteiger charge is -2.52. The second-order valence-electron chi connectivity index (χ2n) is 12.1. The van der Waals surface area contributed by atoms with Crippen molar-refractivity contribution in [2.45, 2.75) is 82.5 Å². The molecule has 2 amide bonds. The third-order valence-corrected chi connectivity index (χ3v) is 9.37. The predicted molar refractivity (Wildman–Crippen MR) is 167 cm³/mol. The Labute approximate surface area is 265 Å². The Kier molecular flexibility index (Phi) is 11.2. The highest BCUT2D eigenvalue weighted by molar-refractivity contribution is 6.00. The molecule has 2 aromatic carbocycles. The summed E-state index contributed by atoms with van der Waals surface area (Å²) in [6, 6.07) is 11.5. The van der Waals surface area contributed by atoms with Crippen LogP contribution >= 0.6 is 12.4 Å².